The Bertz CT molecular complexity index is 443. The summed E-state index contributed by atoms with van der Waals surface area (Å²) >= 11 is 3.33. The van der Waals surface area contributed by atoms with Crippen molar-refractivity contribution >= 4 is 21.8 Å². The van der Waals surface area contributed by atoms with Gasteiger partial charge in [-0.15, -0.1) is 0 Å². The van der Waals surface area contributed by atoms with E-state index in [1.807, 2.05) is 12.1 Å². The fourth-order valence-electron chi connectivity index (χ4n) is 2.10. The van der Waals surface area contributed by atoms with Gasteiger partial charge in [-0.1, -0.05) is 15.9 Å². The summed E-state index contributed by atoms with van der Waals surface area (Å²) in [6.45, 7) is 0.952. The van der Waals surface area contributed by atoms with E-state index in [-0.39, 0.29) is 19.1 Å². The standard InChI is InChI=1S/C14H18BrNO4/c15-11-1-3-12(4-2-11)20-9-13(18)16-14(10-17)5-7-19-8-6-14/h1-4,17H,5-10H2,(H,16,18). The van der Waals surface area contributed by atoms with Crippen LogP contribution in [0.1, 0.15) is 12.8 Å². The molecule has 1 aliphatic heterocycles. The maximum absolute atomic E-state index is 11.9. The van der Waals surface area contributed by atoms with E-state index in [4.69, 9.17) is 9.47 Å². The number of carbonyl (C=O) groups excluding carboxylic acids is 1. The van der Waals surface area contributed by atoms with Crippen molar-refractivity contribution in [2.24, 2.45) is 0 Å². The van der Waals surface area contributed by atoms with E-state index in [0.29, 0.717) is 31.8 Å². The zero-order chi connectivity index (χ0) is 14.4. The van der Waals surface area contributed by atoms with E-state index in [9.17, 15) is 9.90 Å². The molecule has 0 saturated carbocycles. The van der Waals surface area contributed by atoms with Gasteiger partial charge in [-0.05, 0) is 37.1 Å². The highest BCUT2D eigenvalue weighted by Crippen LogP contribution is 2.20. The second-order valence-corrected chi connectivity index (χ2v) is 5.76. The van der Waals surface area contributed by atoms with Crippen LogP contribution >= 0.6 is 15.9 Å². The molecule has 0 spiro atoms. The van der Waals surface area contributed by atoms with Crippen molar-refractivity contribution in [1.29, 1.82) is 0 Å². The van der Waals surface area contributed by atoms with Crippen molar-refractivity contribution in [2.45, 2.75) is 18.4 Å². The van der Waals surface area contributed by atoms with Crippen molar-refractivity contribution in [1.82, 2.24) is 5.32 Å². The molecule has 1 saturated heterocycles. The van der Waals surface area contributed by atoms with Gasteiger partial charge in [-0.2, -0.15) is 0 Å². The Balaban J connectivity index is 1.83. The molecular formula is C14H18BrNO4. The molecule has 110 valence electrons. The zero-order valence-electron chi connectivity index (χ0n) is 11.1. The maximum Gasteiger partial charge on any atom is 0.258 e. The number of amides is 1. The molecule has 0 atom stereocenters. The summed E-state index contributed by atoms with van der Waals surface area (Å²) in [5.41, 5.74) is -0.571. The Kier molecular flexibility index (Phi) is 5.39. The number of halogens is 1. The average molecular weight is 344 g/mol. The fraction of sp³-hybridized carbons (Fsp3) is 0.500. The van der Waals surface area contributed by atoms with E-state index >= 15 is 0 Å². The first-order valence-electron chi connectivity index (χ1n) is 6.52. The second-order valence-electron chi connectivity index (χ2n) is 4.84. The van der Waals surface area contributed by atoms with Gasteiger partial charge in [0.1, 0.15) is 5.75 Å². The number of carbonyl (C=O) groups is 1. The van der Waals surface area contributed by atoms with Crippen LogP contribution in [0.25, 0.3) is 0 Å². The molecule has 0 unspecified atom stereocenters. The molecule has 1 heterocycles. The lowest BCUT2D eigenvalue weighted by atomic mass is 9.91. The minimum Gasteiger partial charge on any atom is -0.484 e. The lowest BCUT2D eigenvalue weighted by Crippen LogP contribution is -2.55. The first-order chi connectivity index (χ1) is 9.63. The number of hydrogen-bond acceptors (Lipinski definition) is 4. The fourth-order valence-corrected chi connectivity index (χ4v) is 2.36. The molecule has 5 nitrogen and oxygen atoms in total. The van der Waals surface area contributed by atoms with Crippen LogP contribution in [-0.2, 0) is 9.53 Å². The third-order valence-corrected chi connectivity index (χ3v) is 3.87. The van der Waals surface area contributed by atoms with E-state index in [2.05, 4.69) is 21.2 Å². The molecule has 1 fully saturated rings. The van der Waals surface area contributed by atoms with Gasteiger partial charge in [-0.3, -0.25) is 4.79 Å². The summed E-state index contributed by atoms with van der Waals surface area (Å²) in [6, 6.07) is 7.27. The van der Waals surface area contributed by atoms with Crippen molar-refractivity contribution < 1.29 is 19.4 Å². The minimum absolute atomic E-state index is 0.0652. The molecule has 0 radical (unpaired) electrons. The molecule has 0 aliphatic carbocycles. The summed E-state index contributed by atoms with van der Waals surface area (Å²) in [5, 5.41) is 12.4. The van der Waals surface area contributed by atoms with Crippen LogP contribution in [0.2, 0.25) is 0 Å². The van der Waals surface area contributed by atoms with Gasteiger partial charge in [0, 0.05) is 17.7 Å². The Morgan fingerprint density at radius 1 is 1.35 bits per heavy atom. The zero-order valence-corrected chi connectivity index (χ0v) is 12.7. The average Bonchev–Trinajstić information content (AvgIpc) is 2.47. The number of benzene rings is 1. The highest BCUT2D eigenvalue weighted by Gasteiger charge is 2.33. The van der Waals surface area contributed by atoms with Crippen LogP contribution < -0.4 is 10.1 Å². The number of nitrogens with one attached hydrogen (secondary N) is 1. The SMILES string of the molecule is O=C(COc1ccc(Br)cc1)NC1(CO)CCOCC1. The Hall–Kier alpha value is -1.11. The van der Waals surface area contributed by atoms with Crippen LogP contribution in [0.5, 0.6) is 5.75 Å². The topological polar surface area (TPSA) is 67.8 Å². The highest BCUT2D eigenvalue weighted by atomic mass is 79.9. The van der Waals surface area contributed by atoms with Crippen molar-refractivity contribution in [3.05, 3.63) is 28.7 Å². The van der Waals surface area contributed by atoms with Crippen LogP contribution in [0.3, 0.4) is 0 Å². The monoisotopic (exact) mass is 343 g/mol. The van der Waals surface area contributed by atoms with Gasteiger partial charge < -0.3 is 19.9 Å². The molecule has 0 aromatic heterocycles. The summed E-state index contributed by atoms with van der Waals surface area (Å²) in [5.74, 6) is 0.400. The number of aliphatic hydroxyl groups excluding tert-OH is 1. The Labute approximate surface area is 126 Å². The third-order valence-electron chi connectivity index (χ3n) is 3.34. The first-order valence-corrected chi connectivity index (χ1v) is 7.31. The second kappa shape index (κ2) is 7.06. The maximum atomic E-state index is 11.9. The van der Waals surface area contributed by atoms with Crippen LogP contribution in [0.15, 0.2) is 28.7 Å². The molecule has 20 heavy (non-hydrogen) atoms. The van der Waals surface area contributed by atoms with E-state index < -0.39 is 5.54 Å². The third kappa shape index (κ3) is 4.19. The molecule has 2 rings (SSSR count). The van der Waals surface area contributed by atoms with Crippen molar-refractivity contribution in [3.63, 3.8) is 0 Å². The molecule has 1 aromatic rings. The quantitative estimate of drug-likeness (QED) is 0.849. The van der Waals surface area contributed by atoms with Gasteiger partial charge in [0.25, 0.3) is 5.91 Å². The lowest BCUT2D eigenvalue weighted by molar-refractivity contribution is -0.127. The van der Waals surface area contributed by atoms with E-state index in [0.717, 1.165) is 4.47 Å². The van der Waals surface area contributed by atoms with Gasteiger partial charge in [-0.25, -0.2) is 0 Å². The Morgan fingerprint density at radius 2 is 2.00 bits per heavy atom. The largest absolute Gasteiger partial charge is 0.484 e. The summed E-state index contributed by atoms with van der Waals surface area (Å²) in [7, 11) is 0. The highest BCUT2D eigenvalue weighted by molar-refractivity contribution is 9.10. The van der Waals surface area contributed by atoms with Gasteiger partial charge in [0.15, 0.2) is 6.61 Å². The summed E-state index contributed by atoms with van der Waals surface area (Å²) < 4.78 is 11.6. The minimum atomic E-state index is -0.571. The predicted molar refractivity (Wildman–Crippen MR) is 77.6 cm³/mol. The summed E-state index contributed by atoms with van der Waals surface area (Å²) in [4.78, 5) is 11.9. The van der Waals surface area contributed by atoms with E-state index in [1.165, 1.54) is 0 Å². The van der Waals surface area contributed by atoms with E-state index in [1.54, 1.807) is 12.1 Å². The molecule has 2 N–H and O–H groups in total. The summed E-state index contributed by atoms with van der Waals surface area (Å²) in [6.07, 6.45) is 1.24. The predicted octanol–water partition coefficient (Wildman–Crippen LogP) is 1.49. The van der Waals surface area contributed by atoms with Crippen LogP contribution in [-0.4, -0.2) is 43.0 Å². The lowest BCUT2D eigenvalue weighted by Gasteiger charge is -2.36. The van der Waals surface area contributed by atoms with Gasteiger partial charge in [0.05, 0.1) is 12.1 Å². The van der Waals surface area contributed by atoms with Gasteiger partial charge >= 0.3 is 0 Å². The number of aliphatic hydroxyl groups is 1. The molecule has 1 aromatic carbocycles. The van der Waals surface area contributed by atoms with Crippen LogP contribution in [0.4, 0.5) is 0 Å². The molecule has 0 bridgehead atoms. The van der Waals surface area contributed by atoms with Crippen molar-refractivity contribution in [3.8, 4) is 5.75 Å². The normalized spacial score (nSPS) is 17.5. The molecule has 1 aliphatic rings. The molecular weight excluding hydrogens is 326 g/mol. The first kappa shape index (κ1) is 15.3. The molecule has 1 amide bonds. The number of hydrogen-bond donors (Lipinski definition) is 2. The number of rotatable bonds is 5. The van der Waals surface area contributed by atoms with Crippen LogP contribution in [0, 0.1) is 0 Å². The molecule has 6 heteroatoms. The van der Waals surface area contributed by atoms with Crippen molar-refractivity contribution in [2.75, 3.05) is 26.4 Å². The number of ether oxygens (including phenoxy) is 2. The van der Waals surface area contributed by atoms with Gasteiger partial charge in [0.2, 0.25) is 0 Å². The smallest absolute Gasteiger partial charge is 0.258 e. The Morgan fingerprint density at radius 3 is 2.60 bits per heavy atom.